The molecule has 66 valence electrons. The summed E-state index contributed by atoms with van der Waals surface area (Å²) >= 11 is 0. The first kappa shape index (κ1) is 7.79. The molecular formula is C9H9N3O. The summed E-state index contributed by atoms with van der Waals surface area (Å²) in [6.07, 6.45) is 1.68. The summed E-state index contributed by atoms with van der Waals surface area (Å²) in [4.78, 5) is 7.95. The number of fused-ring (bicyclic) bond motifs is 1. The molecular weight excluding hydrogens is 166 g/mol. The summed E-state index contributed by atoms with van der Waals surface area (Å²) in [6.45, 7) is 0. The Hall–Kier alpha value is -1.84. The molecule has 0 atom stereocenters. The maximum absolute atomic E-state index is 9.09. The van der Waals surface area contributed by atoms with E-state index in [4.69, 9.17) is 5.11 Å². The van der Waals surface area contributed by atoms with Gasteiger partial charge in [-0.15, -0.1) is 0 Å². The van der Waals surface area contributed by atoms with E-state index in [0.717, 1.165) is 11.1 Å². The van der Waals surface area contributed by atoms with Crippen molar-refractivity contribution in [2.75, 3.05) is 12.4 Å². The van der Waals surface area contributed by atoms with Gasteiger partial charge >= 0.3 is 0 Å². The van der Waals surface area contributed by atoms with Crippen molar-refractivity contribution < 1.29 is 5.11 Å². The highest BCUT2D eigenvalue weighted by molar-refractivity contribution is 5.78. The van der Waals surface area contributed by atoms with E-state index in [2.05, 4.69) is 15.3 Å². The lowest BCUT2D eigenvalue weighted by atomic mass is 10.3. The Labute approximate surface area is 75.3 Å². The van der Waals surface area contributed by atoms with Crippen LogP contribution in [0.1, 0.15) is 0 Å². The first-order valence-corrected chi connectivity index (χ1v) is 3.93. The number of hydrogen-bond acceptors (Lipinski definition) is 4. The molecule has 0 amide bonds. The Balaban J connectivity index is 2.66. The van der Waals surface area contributed by atoms with Crippen molar-refractivity contribution in [3.05, 3.63) is 24.4 Å². The van der Waals surface area contributed by atoms with Crippen molar-refractivity contribution in [2.45, 2.75) is 0 Å². The largest absolute Gasteiger partial charge is 0.493 e. The second-order valence-corrected chi connectivity index (χ2v) is 2.69. The molecule has 2 N–H and O–H groups in total. The highest BCUT2D eigenvalue weighted by atomic mass is 16.3. The van der Waals surface area contributed by atoms with Gasteiger partial charge in [0.05, 0.1) is 11.9 Å². The molecule has 0 aliphatic carbocycles. The quantitative estimate of drug-likeness (QED) is 0.687. The topological polar surface area (TPSA) is 58.0 Å². The van der Waals surface area contributed by atoms with Crippen LogP contribution in [-0.4, -0.2) is 22.1 Å². The van der Waals surface area contributed by atoms with Crippen molar-refractivity contribution >= 4 is 16.7 Å². The summed E-state index contributed by atoms with van der Waals surface area (Å²) in [6, 6.07) is 5.25. The predicted molar refractivity (Wildman–Crippen MR) is 50.7 cm³/mol. The fraction of sp³-hybridized carbons (Fsp3) is 0.111. The molecule has 2 rings (SSSR count). The van der Waals surface area contributed by atoms with Crippen molar-refractivity contribution in [2.24, 2.45) is 0 Å². The van der Waals surface area contributed by atoms with Crippen LogP contribution in [0.3, 0.4) is 0 Å². The Bertz CT molecular complexity index is 442. The number of nitrogens with one attached hydrogen (secondary N) is 1. The SMILES string of the molecule is CNc1cnc2nc(O)ccc2c1. The first-order valence-electron chi connectivity index (χ1n) is 3.93. The Morgan fingerprint density at radius 1 is 1.38 bits per heavy atom. The molecule has 0 spiro atoms. The molecule has 2 heterocycles. The molecule has 4 heteroatoms. The minimum atomic E-state index is -0.00259. The van der Waals surface area contributed by atoms with Gasteiger partial charge in [-0.3, -0.25) is 0 Å². The number of aromatic hydroxyl groups is 1. The van der Waals surface area contributed by atoms with Gasteiger partial charge < -0.3 is 10.4 Å². The molecule has 0 bridgehead atoms. The van der Waals surface area contributed by atoms with E-state index in [0.29, 0.717) is 5.65 Å². The van der Waals surface area contributed by atoms with Crippen LogP contribution >= 0.6 is 0 Å². The summed E-state index contributed by atoms with van der Waals surface area (Å²) in [7, 11) is 1.83. The van der Waals surface area contributed by atoms with Crippen LogP contribution in [0, 0.1) is 0 Å². The zero-order chi connectivity index (χ0) is 9.26. The van der Waals surface area contributed by atoms with Crippen molar-refractivity contribution in [1.29, 1.82) is 0 Å². The van der Waals surface area contributed by atoms with Crippen LogP contribution in [-0.2, 0) is 0 Å². The van der Waals surface area contributed by atoms with E-state index >= 15 is 0 Å². The number of hydrogen-bond donors (Lipinski definition) is 2. The standard InChI is InChI=1S/C9H9N3O/c1-10-7-4-6-2-3-8(13)12-9(6)11-5-7/h2-5,10H,1H3,(H,11,12,13). The van der Waals surface area contributed by atoms with E-state index in [1.807, 2.05) is 13.1 Å². The average Bonchev–Trinajstić information content (AvgIpc) is 2.17. The molecule has 0 aliphatic heterocycles. The van der Waals surface area contributed by atoms with Crippen molar-refractivity contribution in [1.82, 2.24) is 9.97 Å². The molecule has 4 nitrogen and oxygen atoms in total. The molecule has 0 aromatic carbocycles. The van der Waals surface area contributed by atoms with E-state index < -0.39 is 0 Å². The lowest BCUT2D eigenvalue weighted by Gasteiger charge is -2.00. The molecule has 0 fully saturated rings. The van der Waals surface area contributed by atoms with Gasteiger partial charge in [-0.05, 0) is 12.1 Å². The zero-order valence-corrected chi connectivity index (χ0v) is 7.15. The number of rotatable bonds is 1. The maximum atomic E-state index is 9.09. The summed E-state index contributed by atoms with van der Waals surface area (Å²) < 4.78 is 0. The van der Waals surface area contributed by atoms with Crippen LogP contribution in [0.25, 0.3) is 11.0 Å². The molecule has 2 aromatic rings. The highest BCUT2D eigenvalue weighted by Gasteiger charge is 1.98. The third kappa shape index (κ3) is 1.38. The maximum Gasteiger partial charge on any atom is 0.212 e. The molecule has 0 radical (unpaired) electrons. The third-order valence-corrected chi connectivity index (χ3v) is 1.82. The minimum absolute atomic E-state index is 0.00259. The van der Waals surface area contributed by atoms with Gasteiger partial charge in [-0.2, -0.15) is 4.98 Å². The van der Waals surface area contributed by atoms with Gasteiger partial charge in [-0.25, -0.2) is 4.98 Å². The molecule has 0 aliphatic rings. The minimum Gasteiger partial charge on any atom is -0.493 e. The van der Waals surface area contributed by atoms with Crippen LogP contribution in [0.4, 0.5) is 5.69 Å². The van der Waals surface area contributed by atoms with Crippen LogP contribution in [0.5, 0.6) is 5.88 Å². The molecule has 13 heavy (non-hydrogen) atoms. The monoisotopic (exact) mass is 175 g/mol. The lowest BCUT2D eigenvalue weighted by Crippen LogP contribution is -1.90. The van der Waals surface area contributed by atoms with Gasteiger partial charge in [0.2, 0.25) is 5.88 Å². The van der Waals surface area contributed by atoms with Gasteiger partial charge in [0.25, 0.3) is 0 Å². The lowest BCUT2D eigenvalue weighted by molar-refractivity contribution is 0.455. The third-order valence-electron chi connectivity index (χ3n) is 1.82. The van der Waals surface area contributed by atoms with Crippen LogP contribution in [0.15, 0.2) is 24.4 Å². The van der Waals surface area contributed by atoms with Gasteiger partial charge in [-0.1, -0.05) is 0 Å². The van der Waals surface area contributed by atoms with Gasteiger partial charge in [0, 0.05) is 18.5 Å². The van der Waals surface area contributed by atoms with Crippen LogP contribution < -0.4 is 5.32 Å². The molecule has 2 aromatic heterocycles. The Morgan fingerprint density at radius 2 is 2.23 bits per heavy atom. The predicted octanol–water partition coefficient (Wildman–Crippen LogP) is 1.38. The molecule has 0 unspecified atom stereocenters. The van der Waals surface area contributed by atoms with E-state index in [-0.39, 0.29) is 5.88 Å². The average molecular weight is 175 g/mol. The second-order valence-electron chi connectivity index (χ2n) is 2.69. The first-order chi connectivity index (χ1) is 6.29. The van der Waals surface area contributed by atoms with E-state index in [1.54, 1.807) is 18.3 Å². The number of pyridine rings is 2. The second kappa shape index (κ2) is 2.90. The summed E-state index contributed by atoms with van der Waals surface area (Å²) in [5, 5.41) is 13.0. The van der Waals surface area contributed by atoms with Gasteiger partial charge in [0.15, 0.2) is 5.65 Å². The van der Waals surface area contributed by atoms with E-state index in [9.17, 15) is 0 Å². The summed E-state index contributed by atoms with van der Waals surface area (Å²) in [5.41, 5.74) is 1.49. The van der Waals surface area contributed by atoms with Crippen molar-refractivity contribution in [3.63, 3.8) is 0 Å². The fourth-order valence-electron chi connectivity index (χ4n) is 1.14. The van der Waals surface area contributed by atoms with Crippen LogP contribution in [0.2, 0.25) is 0 Å². The Kier molecular flexibility index (Phi) is 1.73. The molecule has 0 saturated carbocycles. The zero-order valence-electron chi connectivity index (χ0n) is 7.15. The van der Waals surface area contributed by atoms with Crippen molar-refractivity contribution in [3.8, 4) is 5.88 Å². The summed E-state index contributed by atoms with van der Waals surface area (Å²) in [5.74, 6) is -0.00259. The smallest absolute Gasteiger partial charge is 0.212 e. The highest BCUT2D eigenvalue weighted by Crippen LogP contribution is 2.16. The van der Waals surface area contributed by atoms with Gasteiger partial charge in [0.1, 0.15) is 0 Å². The Morgan fingerprint density at radius 3 is 3.00 bits per heavy atom. The number of aromatic nitrogens is 2. The number of anilines is 1. The van der Waals surface area contributed by atoms with E-state index in [1.165, 1.54) is 0 Å². The fourth-order valence-corrected chi connectivity index (χ4v) is 1.14. The number of nitrogens with zero attached hydrogens (tertiary/aromatic N) is 2. The normalized spacial score (nSPS) is 10.2. The molecule has 0 saturated heterocycles.